The molecule has 0 aliphatic heterocycles. The van der Waals surface area contributed by atoms with E-state index >= 15 is 0 Å². The highest BCUT2D eigenvalue weighted by Crippen LogP contribution is 2.47. The third-order valence-electron chi connectivity index (χ3n) is 4.47. The number of fused-ring (bicyclic) bond motifs is 1. The van der Waals surface area contributed by atoms with E-state index in [2.05, 4.69) is 24.1 Å². The molecule has 0 aliphatic rings. The number of ether oxygens (including phenoxy) is 1. The van der Waals surface area contributed by atoms with Gasteiger partial charge in [0.25, 0.3) is 5.56 Å². The van der Waals surface area contributed by atoms with Gasteiger partial charge >= 0.3 is 7.82 Å². The van der Waals surface area contributed by atoms with Gasteiger partial charge in [0, 0.05) is 27.0 Å². The van der Waals surface area contributed by atoms with Gasteiger partial charge in [-0.05, 0) is 18.2 Å². The van der Waals surface area contributed by atoms with Gasteiger partial charge in [-0.3, -0.25) is 28.0 Å². The highest BCUT2D eigenvalue weighted by molar-refractivity contribution is 7.48. The van der Waals surface area contributed by atoms with Crippen molar-refractivity contribution in [2.75, 3.05) is 46.0 Å². The van der Waals surface area contributed by atoms with Crippen molar-refractivity contribution in [3.05, 3.63) is 44.8 Å². The molecule has 0 bridgehead atoms. The fraction of sp³-hybridized carbons (Fsp3) is 0.389. The minimum Gasteiger partial charge on any atom is -0.377 e. The summed E-state index contributed by atoms with van der Waals surface area (Å²) in [6.45, 7) is 0.728. The normalized spacial score (nSPS) is 11.9. The number of halogens is 2. The lowest BCUT2D eigenvalue weighted by Crippen LogP contribution is -2.21. The number of phosphoric acid groups is 1. The molecule has 0 saturated heterocycles. The molecule has 2 aromatic heterocycles. The Hall–Kier alpha value is -1.98. The van der Waals surface area contributed by atoms with Crippen molar-refractivity contribution in [1.82, 2.24) is 19.7 Å². The van der Waals surface area contributed by atoms with Gasteiger partial charge in [0.1, 0.15) is 5.52 Å². The summed E-state index contributed by atoms with van der Waals surface area (Å²) < 4.78 is 33.0. The number of anilines is 2. The first kappa shape index (κ1) is 24.7. The SMILES string of the molecule is COP(=O)(OC)OCCOCCn1ncc2nc(N(C)c3ccc(Cl)c(Cl)c3)[nH]c(=O)c21. The maximum absolute atomic E-state index is 12.7. The summed E-state index contributed by atoms with van der Waals surface area (Å²) in [6, 6.07) is 5.11. The highest BCUT2D eigenvalue weighted by atomic mass is 35.5. The number of aromatic amines is 1. The molecule has 0 unspecified atom stereocenters. The van der Waals surface area contributed by atoms with Gasteiger partial charge in [0.2, 0.25) is 5.95 Å². The van der Waals surface area contributed by atoms with E-state index in [9.17, 15) is 9.36 Å². The molecule has 14 heteroatoms. The molecule has 11 nitrogen and oxygen atoms in total. The van der Waals surface area contributed by atoms with E-state index in [1.807, 2.05) is 0 Å². The molecular weight excluding hydrogens is 484 g/mol. The van der Waals surface area contributed by atoms with E-state index in [4.69, 9.17) is 32.5 Å². The third kappa shape index (κ3) is 5.68. The molecule has 0 fully saturated rings. The zero-order valence-corrected chi connectivity index (χ0v) is 20.0. The lowest BCUT2D eigenvalue weighted by Gasteiger charge is -2.18. The number of rotatable bonds is 11. The molecule has 3 aromatic rings. The van der Waals surface area contributed by atoms with Crippen LogP contribution in [0.2, 0.25) is 10.0 Å². The second-order valence-electron chi connectivity index (χ2n) is 6.41. The van der Waals surface area contributed by atoms with Crippen LogP contribution >= 0.6 is 31.0 Å². The Balaban J connectivity index is 1.64. The molecule has 0 radical (unpaired) electrons. The van der Waals surface area contributed by atoms with Gasteiger partial charge in [-0.2, -0.15) is 5.10 Å². The number of hydrogen-bond donors (Lipinski definition) is 1. The van der Waals surface area contributed by atoms with Crippen LogP contribution in [0.4, 0.5) is 11.6 Å². The fourth-order valence-electron chi connectivity index (χ4n) is 2.78. The van der Waals surface area contributed by atoms with Gasteiger partial charge in [-0.1, -0.05) is 23.2 Å². The van der Waals surface area contributed by atoms with E-state index in [-0.39, 0.29) is 25.4 Å². The molecule has 32 heavy (non-hydrogen) atoms. The van der Waals surface area contributed by atoms with Gasteiger partial charge < -0.3 is 9.64 Å². The second-order valence-corrected chi connectivity index (χ2v) is 9.10. The molecule has 3 rings (SSSR count). The van der Waals surface area contributed by atoms with Crippen LogP contribution in [0.3, 0.4) is 0 Å². The van der Waals surface area contributed by atoms with Crippen molar-refractivity contribution in [2.24, 2.45) is 0 Å². The van der Waals surface area contributed by atoms with Crippen LogP contribution in [0.15, 0.2) is 29.2 Å². The topological polar surface area (TPSA) is 121 Å². The van der Waals surface area contributed by atoms with E-state index in [0.29, 0.717) is 39.3 Å². The number of H-pyrrole nitrogens is 1. The minimum absolute atomic E-state index is 0.0192. The minimum atomic E-state index is -3.53. The molecule has 0 aliphatic carbocycles. The number of hydrogen-bond acceptors (Lipinski definition) is 9. The van der Waals surface area contributed by atoms with Gasteiger partial charge in [0.15, 0.2) is 5.52 Å². The quantitative estimate of drug-likeness (QED) is 0.307. The summed E-state index contributed by atoms with van der Waals surface area (Å²) in [6.07, 6.45) is 1.51. The zero-order chi connectivity index (χ0) is 23.3. The predicted molar refractivity (Wildman–Crippen MR) is 121 cm³/mol. The number of benzene rings is 1. The van der Waals surface area contributed by atoms with Crippen molar-refractivity contribution in [3.8, 4) is 0 Å². The second kappa shape index (κ2) is 10.8. The summed E-state index contributed by atoms with van der Waals surface area (Å²) >= 11 is 12.0. The Bertz CT molecular complexity index is 1180. The number of phosphoric ester groups is 1. The highest BCUT2D eigenvalue weighted by Gasteiger charge is 2.22. The van der Waals surface area contributed by atoms with Crippen molar-refractivity contribution in [1.29, 1.82) is 0 Å². The van der Waals surface area contributed by atoms with Gasteiger partial charge in [-0.15, -0.1) is 0 Å². The lowest BCUT2D eigenvalue weighted by atomic mass is 10.3. The first-order chi connectivity index (χ1) is 15.3. The largest absolute Gasteiger partial charge is 0.474 e. The molecule has 1 N–H and O–H groups in total. The van der Waals surface area contributed by atoms with Crippen LogP contribution in [0.5, 0.6) is 0 Å². The van der Waals surface area contributed by atoms with Crippen molar-refractivity contribution in [2.45, 2.75) is 6.54 Å². The molecule has 0 saturated carbocycles. The number of nitrogens with one attached hydrogen (secondary N) is 1. The first-order valence-corrected chi connectivity index (χ1v) is 11.6. The van der Waals surface area contributed by atoms with Crippen molar-refractivity contribution >= 4 is 53.7 Å². The van der Waals surface area contributed by atoms with Crippen LogP contribution in [-0.2, 0) is 29.4 Å². The van der Waals surface area contributed by atoms with Crippen LogP contribution in [0.25, 0.3) is 11.0 Å². The lowest BCUT2D eigenvalue weighted by molar-refractivity contribution is 0.0722. The van der Waals surface area contributed by atoms with Crippen molar-refractivity contribution in [3.63, 3.8) is 0 Å². The summed E-state index contributed by atoms with van der Waals surface area (Å²) in [5.41, 5.74) is 1.11. The molecule has 0 amide bonds. The van der Waals surface area contributed by atoms with Crippen LogP contribution in [0, 0.1) is 0 Å². The van der Waals surface area contributed by atoms with Gasteiger partial charge in [-0.25, -0.2) is 9.55 Å². The monoisotopic (exact) mass is 505 g/mol. The molecular formula is C18H22Cl2N5O6P. The van der Waals surface area contributed by atoms with Crippen LogP contribution in [0.1, 0.15) is 0 Å². The zero-order valence-electron chi connectivity index (χ0n) is 17.6. The van der Waals surface area contributed by atoms with Crippen molar-refractivity contribution < 1.29 is 22.9 Å². The van der Waals surface area contributed by atoms with E-state index in [1.165, 1.54) is 25.1 Å². The van der Waals surface area contributed by atoms with E-state index < -0.39 is 7.82 Å². The summed E-state index contributed by atoms with van der Waals surface area (Å²) in [5, 5.41) is 5.05. The Kier molecular flexibility index (Phi) is 8.29. The first-order valence-electron chi connectivity index (χ1n) is 9.36. The molecule has 0 spiro atoms. The van der Waals surface area contributed by atoms with E-state index in [1.54, 1.807) is 30.1 Å². The summed E-state index contributed by atoms with van der Waals surface area (Å²) in [7, 11) is 0.678. The van der Waals surface area contributed by atoms with E-state index in [0.717, 1.165) is 0 Å². The summed E-state index contributed by atoms with van der Waals surface area (Å²) in [4.78, 5) is 21.6. The molecule has 174 valence electrons. The Morgan fingerprint density at radius 1 is 1.16 bits per heavy atom. The Morgan fingerprint density at radius 3 is 2.59 bits per heavy atom. The maximum atomic E-state index is 12.7. The standard InChI is InChI=1S/C18H22Cl2N5O6P/c1-24(12-4-5-13(19)14(20)10-12)18-22-15-11-21-25(16(15)17(26)23-18)6-7-30-8-9-31-32(27,28-2)29-3/h4-5,10-11H,6-9H2,1-3H3,(H,22,23,26). The summed E-state index contributed by atoms with van der Waals surface area (Å²) in [5.74, 6) is 0.328. The third-order valence-corrected chi connectivity index (χ3v) is 6.60. The number of aromatic nitrogens is 4. The smallest absolute Gasteiger partial charge is 0.377 e. The van der Waals surface area contributed by atoms with Crippen LogP contribution < -0.4 is 10.5 Å². The maximum Gasteiger partial charge on any atom is 0.474 e. The van der Waals surface area contributed by atoms with Gasteiger partial charge in [0.05, 0.1) is 42.6 Å². The average Bonchev–Trinajstić information content (AvgIpc) is 3.20. The number of nitrogens with zero attached hydrogens (tertiary/aromatic N) is 4. The fourth-order valence-corrected chi connectivity index (χ4v) is 3.73. The van der Waals surface area contributed by atoms with Crippen LogP contribution in [-0.4, -0.2) is 60.8 Å². The molecule has 1 aromatic carbocycles. The molecule has 0 atom stereocenters. The molecule has 2 heterocycles. The Morgan fingerprint density at radius 2 is 1.91 bits per heavy atom. The average molecular weight is 506 g/mol. The Labute approximate surface area is 193 Å². The predicted octanol–water partition coefficient (Wildman–Crippen LogP) is 3.63.